The van der Waals surface area contributed by atoms with Gasteiger partial charge in [0.2, 0.25) is 0 Å². The minimum Gasteiger partial charge on any atom is -0.484 e. The number of para-hydroxylation sites is 1. The van der Waals surface area contributed by atoms with Crippen LogP contribution in [0.15, 0.2) is 24.3 Å². The number of benzene rings is 1. The Kier molecular flexibility index (Phi) is 4.59. The monoisotopic (exact) mass is 249 g/mol. The van der Waals surface area contributed by atoms with Gasteiger partial charge in [-0.3, -0.25) is 4.79 Å². The lowest BCUT2D eigenvalue weighted by molar-refractivity contribution is -0.123. The van der Waals surface area contributed by atoms with Crippen molar-refractivity contribution in [3.05, 3.63) is 29.8 Å². The second kappa shape index (κ2) is 6.40. The third-order valence-electron chi connectivity index (χ3n) is 3.00. The summed E-state index contributed by atoms with van der Waals surface area (Å²) in [5, 5.41) is 2.83. The molecule has 1 aromatic carbocycles. The highest BCUT2D eigenvalue weighted by atomic mass is 16.5. The predicted octanol–water partition coefficient (Wildman–Crippen LogP) is 1.67. The summed E-state index contributed by atoms with van der Waals surface area (Å²) in [6.07, 6.45) is 2.28. The standard InChI is InChI=1S/C14H19NO3/c1-11-5-2-3-7-13(11)18-10-14(16)15-9-12-6-4-8-17-12/h2-3,5,7,12H,4,6,8-10H2,1H3,(H,15,16)/t12-/m0/s1. The first-order valence-corrected chi connectivity index (χ1v) is 6.32. The van der Waals surface area contributed by atoms with Crippen molar-refractivity contribution in [1.82, 2.24) is 5.32 Å². The third kappa shape index (κ3) is 3.74. The van der Waals surface area contributed by atoms with Crippen LogP contribution in [-0.4, -0.2) is 31.8 Å². The second-order valence-corrected chi connectivity index (χ2v) is 4.49. The van der Waals surface area contributed by atoms with Crippen molar-refractivity contribution >= 4 is 5.91 Å². The Bertz CT molecular complexity index is 400. The molecule has 0 bridgehead atoms. The van der Waals surface area contributed by atoms with Gasteiger partial charge in [0.15, 0.2) is 6.61 Å². The number of hydrogen-bond acceptors (Lipinski definition) is 3. The van der Waals surface area contributed by atoms with Crippen LogP contribution in [0.5, 0.6) is 5.75 Å². The fourth-order valence-corrected chi connectivity index (χ4v) is 1.95. The molecule has 0 saturated carbocycles. The van der Waals surface area contributed by atoms with Crippen molar-refractivity contribution < 1.29 is 14.3 Å². The number of carbonyl (C=O) groups is 1. The number of nitrogens with one attached hydrogen (secondary N) is 1. The molecule has 1 aromatic rings. The molecule has 1 aliphatic rings. The summed E-state index contributed by atoms with van der Waals surface area (Å²) >= 11 is 0. The number of rotatable bonds is 5. The van der Waals surface area contributed by atoms with Gasteiger partial charge in [-0.2, -0.15) is 0 Å². The summed E-state index contributed by atoms with van der Waals surface area (Å²) in [7, 11) is 0. The van der Waals surface area contributed by atoms with Gasteiger partial charge in [0.25, 0.3) is 5.91 Å². The van der Waals surface area contributed by atoms with Gasteiger partial charge < -0.3 is 14.8 Å². The Labute approximate surface area is 107 Å². The van der Waals surface area contributed by atoms with E-state index in [1.54, 1.807) is 0 Å². The quantitative estimate of drug-likeness (QED) is 0.863. The molecule has 1 aliphatic heterocycles. The van der Waals surface area contributed by atoms with Gasteiger partial charge in [-0.25, -0.2) is 0 Å². The highest BCUT2D eigenvalue weighted by Gasteiger charge is 2.16. The first-order chi connectivity index (χ1) is 8.75. The van der Waals surface area contributed by atoms with Crippen LogP contribution in [0.3, 0.4) is 0 Å². The maximum atomic E-state index is 11.6. The molecular formula is C14H19NO3. The lowest BCUT2D eigenvalue weighted by atomic mass is 10.2. The summed E-state index contributed by atoms with van der Waals surface area (Å²) in [5.41, 5.74) is 1.03. The van der Waals surface area contributed by atoms with Crippen molar-refractivity contribution in [3.8, 4) is 5.75 Å². The Morgan fingerprint density at radius 2 is 2.33 bits per heavy atom. The van der Waals surface area contributed by atoms with Crippen molar-refractivity contribution in [3.63, 3.8) is 0 Å². The van der Waals surface area contributed by atoms with Crippen LogP contribution in [0.4, 0.5) is 0 Å². The zero-order valence-corrected chi connectivity index (χ0v) is 10.6. The molecule has 0 radical (unpaired) electrons. The fraction of sp³-hybridized carbons (Fsp3) is 0.500. The van der Waals surface area contributed by atoms with Gasteiger partial charge in [-0.15, -0.1) is 0 Å². The molecular weight excluding hydrogens is 230 g/mol. The molecule has 1 N–H and O–H groups in total. The number of hydrogen-bond donors (Lipinski definition) is 1. The van der Waals surface area contributed by atoms with Gasteiger partial charge in [0.1, 0.15) is 5.75 Å². The number of ether oxygens (including phenoxy) is 2. The maximum Gasteiger partial charge on any atom is 0.258 e. The second-order valence-electron chi connectivity index (χ2n) is 4.49. The van der Waals surface area contributed by atoms with E-state index in [-0.39, 0.29) is 18.6 Å². The van der Waals surface area contributed by atoms with E-state index in [9.17, 15) is 4.79 Å². The zero-order chi connectivity index (χ0) is 12.8. The summed E-state index contributed by atoms with van der Waals surface area (Å²) in [6, 6.07) is 7.66. The first-order valence-electron chi connectivity index (χ1n) is 6.32. The van der Waals surface area contributed by atoms with Crippen LogP contribution >= 0.6 is 0 Å². The largest absolute Gasteiger partial charge is 0.484 e. The highest BCUT2D eigenvalue weighted by Crippen LogP contribution is 2.15. The molecule has 4 nitrogen and oxygen atoms in total. The Hall–Kier alpha value is -1.55. The first kappa shape index (κ1) is 12.9. The Morgan fingerprint density at radius 1 is 1.50 bits per heavy atom. The van der Waals surface area contributed by atoms with Gasteiger partial charge in [0.05, 0.1) is 6.10 Å². The molecule has 18 heavy (non-hydrogen) atoms. The fourth-order valence-electron chi connectivity index (χ4n) is 1.95. The van der Waals surface area contributed by atoms with Crippen molar-refractivity contribution in [1.29, 1.82) is 0 Å². The third-order valence-corrected chi connectivity index (χ3v) is 3.00. The molecule has 0 aromatic heterocycles. The molecule has 1 heterocycles. The molecule has 1 fully saturated rings. The average Bonchev–Trinajstić information content (AvgIpc) is 2.88. The Balaban J connectivity index is 1.69. The number of aryl methyl sites for hydroxylation is 1. The molecule has 4 heteroatoms. The van der Waals surface area contributed by atoms with E-state index >= 15 is 0 Å². The van der Waals surface area contributed by atoms with E-state index in [1.807, 2.05) is 31.2 Å². The van der Waals surface area contributed by atoms with E-state index in [2.05, 4.69) is 5.32 Å². The minimum absolute atomic E-state index is 0.0531. The maximum absolute atomic E-state index is 11.6. The van der Waals surface area contributed by atoms with E-state index in [4.69, 9.17) is 9.47 Å². The van der Waals surface area contributed by atoms with Crippen LogP contribution in [-0.2, 0) is 9.53 Å². The normalized spacial score (nSPS) is 18.6. The van der Waals surface area contributed by atoms with Crippen LogP contribution in [0.1, 0.15) is 18.4 Å². The zero-order valence-electron chi connectivity index (χ0n) is 10.6. The molecule has 0 spiro atoms. The smallest absolute Gasteiger partial charge is 0.258 e. The van der Waals surface area contributed by atoms with Gasteiger partial charge in [0, 0.05) is 13.2 Å². The summed E-state index contributed by atoms with van der Waals surface area (Å²) in [5.74, 6) is 0.651. The van der Waals surface area contributed by atoms with Gasteiger partial charge in [-0.05, 0) is 31.4 Å². The minimum atomic E-state index is -0.103. The van der Waals surface area contributed by atoms with Crippen LogP contribution < -0.4 is 10.1 Å². The molecule has 0 aliphatic carbocycles. The van der Waals surface area contributed by atoms with Gasteiger partial charge >= 0.3 is 0 Å². The van der Waals surface area contributed by atoms with E-state index < -0.39 is 0 Å². The molecule has 0 unspecified atom stereocenters. The average molecular weight is 249 g/mol. The topological polar surface area (TPSA) is 47.6 Å². The Morgan fingerprint density at radius 3 is 3.06 bits per heavy atom. The lowest BCUT2D eigenvalue weighted by Gasteiger charge is -2.12. The summed E-state index contributed by atoms with van der Waals surface area (Å²) in [4.78, 5) is 11.6. The lowest BCUT2D eigenvalue weighted by Crippen LogP contribution is -2.35. The van der Waals surface area contributed by atoms with Crippen molar-refractivity contribution in [2.24, 2.45) is 0 Å². The van der Waals surface area contributed by atoms with Crippen LogP contribution in [0.2, 0.25) is 0 Å². The molecule has 1 atom stereocenters. The van der Waals surface area contributed by atoms with E-state index in [0.717, 1.165) is 30.8 Å². The summed E-state index contributed by atoms with van der Waals surface area (Å²) in [6.45, 7) is 3.40. The molecule has 2 rings (SSSR count). The van der Waals surface area contributed by atoms with Crippen molar-refractivity contribution in [2.45, 2.75) is 25.9 Å². The highest BCUT2D eigenvalue weighted by molar-refractivity contribution is 5.77. The van der Waals surface area contributed by atoms with Gasteiger partial charge in [-0.1, -0.05) is 18.2 Å². The number of amides is 1. The van der Waals surface area contributed by atoms with E-state index in [0.29, 0.717) is 6.54 Å². The number of carbonyl (C=O) groups excluding carboxylic acids is 1. The van der Waals surface area contributed by atoms with Crippen LogP contribution in [0, 0.1) is 6.92 Å². The SMILES string of the molecule is Cc1ccccc1OCC(=O)NC[C@@H]1CCCO1. The molecule has 98 valence electrons. The predicted molar refractivity (Wildman–Crippen MR) is 68.7 cm³/mol. The summed E-state index contributed by atoms with van der Waals surface area (Å²) < 4.78 is 10.9. The van der Waals surface area contributed by atoms with Crippen molar-refractivity contribution in [2.75, 3.05) is 19.8 Å². The molecule has 1 amide bonds. The van der Waals surface area contributed by atoms with E-state index in [1.165, 1.54) is 0 Å². The van der Waals surface area contributed by atoms with Crippen LogP contribution in [0.25, 0.3) is 0 Å². The molecule has 1 saturated heterocycles.